The summed E-state index contributed by atoms with van der Waals surface area (Å²) in [6.07, 6.45) is 6.07. The molecule has 0 spiro atoms. The second-order valence-corrected chi connectivity index (χ2v) is 10.4. The van der Waals surface area contributed by atoms with E-state index in [-0.39, 0.29) is 5.91 Å². The van der Waals surface area contributed by atoms with E-state index in [1.54, 1.807) is 6.20 Å². The first-order valence-corrected chi connectivity index (χ1v) is 13.6. The number of fused-ring (bicyclic) bond motifs is 2. The molecule has 2 N–H and O–H groups in total. The molecule has 0 bridgehead atoms. The van der Waals surface area contributed by atoms with Gasteiger partial charge in [0.2, 0.25) is 0 Å². The zero-order valence-electron chi connectivity index (χ0n) is 20.5. The summed E-state index contributed by atoms with van der Waals surface area (Å²) in [6.45, 7) is 1.40. The molecule has 0 radical (unpaired) electrons. The summed E-state index contributed by atoms with van der Waals surface area (Å²) in [5, 5.41) is 13.2. The lowest BCUT2D eigenvalue weighted by atomic mass is 10.0. The Labute approximate surface area is 224 Å². The van der Waals surface area contributed by atoms with E-state index in [0.717, 1.165) is 57.4 Å². The fourth-order valence-electron chi connectivity index (χ4n) is 4.87. The maximum Gasteiger partial charge on any atom is 0.251 e. The molecule has 2 heterocycles. The summed E-state index contributed by atoms with van der Waals surface area (Å²) < 4.78 is 2.72. The van der Waals surface area contributed by atoms with Crippen LogP contribution in [0.4, 0.5) is 5.82 Å². The molecular weight excluding hydrogens is 526 g/mol. The van der Waals surface area contributed by atoms with Crippen molar-refractivity contribution in [1.82, 2.24) is 19.9 Å². The van der Waals surface area contributed by atoms with Crippen LogP contribution in [0.15, 0.2) is 83.5 Å². The van der Waals surface area contributed by atoms with Crippen molar-refractivity contribution in [1.29, 1.82) is 0 Å². The van der Waals surface area contributed by atoms with E-state index in [1.807, 2.05) is 47.0 Å². The standard InChI is InChI=1S/C30H28BrN5O/c31-26-19-34-36-28(18-27(35-29(26)36)24-12-4-3-10-22(24)21-14-15-21)32-16-5-6-17-33-30(37)25-13-7-9-20-8-1-2-11-23(20)25/h1-4,7-13,18-19,21,32H,5-6,14-17H2,(H,33,37). The Morgan fingerprint density at radius 1 is 0.973 bits per heavy atom. The van der Waals surface area contributed by atoms with Crippen molar-refractivity contribution in [3.05, 3.63) is 94.6 Å². The van der Waals surface area contributed by atoms with Gasteiger partial charge in [0, 0.05) is 30.3 Å². The van der Waals surface area contributed by atoms with Crippen LogP contribution in [0.2, 0.25) is 0 Å². The highest BCUT2D eigenvalue weighted by atomic mass is 79.9. The summed E-state index contributed by atoms with van der Waals surface area (Å²) in [6, 6.07) is 24.5. The van der Waals surface area contributed by atoms with Crippen LogP contribution < -0.4 is 10.6 Å². The minimum atomic E-state index is -0.0269. The van der Waals surface area contributed by atoms with Crippen LogP contribution in [0, 0.1) is 0 Å². The molecule has 0 saturated heterocycles. The molecule has 1 amide bonds. The van der Waals surface area contributed by atoms with Gasteiger partial charge in [-0.2, -0.15) is 9.61 Å². The highest BCUT2D eigenvalue weighted by molar-refractivity contribution is 9.10. The van der Waals surface area contributed by atoms with E-state index in [9.17, 15) is 4.79 Å². The number of anilines is 1. The van der Waals surface area contributed by atoms with Gasteiger partial charge in [-0.1, -0.05) is 60.7 Å². The van der Waals surface area contributed by atoms with Crippen molar-refractivity contribution >= 4 is 44.1 Å². The van der Waals surface area contributed by atoms with Crippen LogP contribution in [0.3, 0.4) is 0 Å². The lowest BCUT2D eigenvalue weighted by molar-refractivity contribution is 0.0954. The van der Waals surface area contributed by atoms with Gasteiger partial charge >= 0.3 is 0 Å². The Morgan fingerprint density at radius 3 is 2.65 bits per heavy atom. The van der Waals surface area contributed by atoms with Crippen molar-refractivity contribution < 1.29 is 4.79 Å². The molecule has 1 saturated carbocycles. The van der Waals surface area contributed by atoms with Gasteiger partial charge in [0.15, 0.2) is 5.65 Å². The minimum Gasteiger partial charge on any atom is -0.370 e. The quantitative estimate of drug-likeness (QED) is 0.196. The highest BCUT2D eigenvalue weighted by Crippen LogP contribution is 2.44. The third kappa shape index (κ3) is 4.96. The second-order valence-electron chi connectivity index (χ2n) is 9.53. The van der Waals surface area contributed by atoms with E-state index in [0.29, 0.717) is 12.5 Å². The fourth-order valence-corrected chi connectivity index (χ4v) is 5.22. The van der Waals surface area contributed by atoms with E-state index in [1.165, 1.54) is 24.0 Å². The number of amides is 1. The number of unbranched alkanes of at least 4 members (excludes halogenated alkanes) is 1. The SMILES string of the molecule is O=C(NCCCCNc1cc(-c2ccccc2C2CC2)nc2c(Br)cnn12)c1cccc2ccccc12. The third-order valence-electron chi connectivity index (χ3n) is 6.91. The molecule has 7 heteroatoms. The Balaban J connectivity index is 1.10. The summed E-state index contributed by atoms with van der Waals surface area (Å²) in [5.41, 5.74) is 5.05. The monoisotopic (exact) mass is 553 g/mol. The van der Waals surface area contributed by atoms with Gasteiger partial charge in [-0.25, -0.2) is 4.98 Å². The first kappa shape index (κ1) is 23.7. The summed E-state index contributed by atoms with van der Waals surface area (Å²) >= 11 is 3.60. The zero-order chi connectivity index (χ0) is 25.2. The lowest BCUT2D eigenvalue weighted by Gasteiger charge is -2.13. The van der Waals surface area contributed by atoms with E-state index in [2.05, 4.69) is 62.0 Å². The number of benzene rings is 3. The number of aromatic nitrogens is 3. The number of carbonyl (C=O) groups is 1. The molecule has 6 nitrogen and oxygen atoms in total. The average Bonchev–Trinajstić information content (AvgIpc) is 3.72. The highest BCUT2D eigenvalue weighted by Gasteiger charge is 2.26. The molecule has 2 aromatic heterocycles. The average molecular weight is 554 g/mol. The Morgan fingerprint density at radius 2 is 1.76 bits per heavy atom. The maximum absolute atomic E-state index is 12.8. The van der Waals surface area contributed by atoms with E-state index >= 15 is 0 Å². The Kier molecular flexibility index (Phi) is 6.62. The van der Waals surface area contributed by atoms with Crippen molar-refractivity contribution in [2.45, 2.75) is 31.6 Å². The molecule has 1 aliphatic carbocycles. The largest absolute Gasteiger partial charge is 0.370 e. The summed E-state index contributed by atoms with van der Waals surface area (Å²) in [5.74, 6) is 1.53. The number of nitrogens with one attached hydrogen (secondary N) is 2. The smallest absolute Gasteiger partial charge is 0.251 e. The Bertz CT molecular complexity index is 1580. The lowest BCUT2D eigenvalue weighted by Crippen LogP contribution is -2.25. The van der Waals surface area contributed by atoms with Crippen LogP contribution in [0.5, 0.6) is 0 Å². The molecule has 1 fully saturated rings. The molecule has 6 rings (SSSR count). The van der Waals surface area contributed by atoms with Crippen LogP contribution in [0.1, 0.15) is 47.5 Å². The first-order valence-electron chi connectivity index (χ1n) is 12.8. The number of hydrogen-bond donors (Lipinski definition) is 2. The van der Waals surface area contributed by atoms with Crippen LogP contribution in [-0.2, 0) is 0 Å². The van der Waals surface area contributed by atoms with Crippen LogP contribution >= 0.6 is 15.9 Å². The van der Waals surface area contributed by atoms with Gasteiger partial charge in [-0.05, 0) is 69.9 Å². The third-order valence-corrected chi connectivity index (χ3v) is 7.47. The van der Waals surface area contributed by atoms with E-state index in [4.69, 9.17) is 4.98 Å². The summed E-state index contributed by atoms with van der Waals surface area (Å²) in [4.78, 5) is 17.7. The van der Waals surface area contributed by atoms with Crippen molar-refractivity contribution in [3.63, 3.8) is 0 Å². The predicted octanol–water partition coefficient (Wildman–Crippen LogP) is 6.81. The normalized spacial score (nSPS) is 13.2. The second kappa shape index (κ2) is 10.3. The minimum absolute atomic E-state index is 0.0269. The molecule has 186 valence electrons. The predicted molar refractivity (Wildman–Crippen MR) is 152 cm³/mol. The number of halogens is 1. The number of hydrogen-bond acceptors (Lipinski definition) is 4. The first-order chi connectivity index (χ1) is 18.2. The van der Waals surface area contributed by atoms with Gasteiger partial charge in [0.1, 0.15) is 5.82 Å². The molecular formula is C30H28BrN5O. The summed E-state index contributed by atoms with van der Waals surface area (Å²) in [7, 11) is 0. The zero-order valence-corrected chi connectivity index (χ0v) is 22.0. The molecule has 1 aliphatic rings. The van der Waals surface area contributed by atoms with Crippen molar-refractivity contribution in [3.8, 4) is 11.3 Å². The van der Waals surface area contributed by atoms with Crippen LogP contribution in [0.25, 0.3) is 27.7 Å². The topological polar surface area (TPSA) is 71.3 Å². The number of rotatable bonds is 9. The van der Waals surface area contributed by atoms with Crippen molar-refractivity contribution in [2.24, 2.45) is 0 Å². The van der Waals surface area contributed by atoms with Gasteiger partial charge < -0.3 is 10.6 Å². The number of carbonyl (C=O) groups excluding carboxylic acids is 1. The van der Waals surface area contributed by atoms with Gasteiger partial charge in [-0.15, -0.1) is 0 Å². The molecule has 3 aromatic carbocycles. The van der Waals surface area contributed by atoms with E-state index < -0.39 is 0 Å². The van der Waals surface area contributed by atoms with Crippen molar-refractivity contribution in [2.75, 3.05) is 18.4 Å². The molecule has 37 heavy (non-hydrogen) atoms. The molecule has 0 atom stereocenters. The van der Waals surface area contributed by atoms with Gasteiger partial charge in [0.05, 0.1) is 16.4 Å². The maximum atomic E-state index is 12.8. The fraction of sp³-hybridized carbons (Fsp3) is 0.233. The molecule has 5 aromatic rings. The van der Waals surface area contributed by atoms with Gasteiger partial charge in [-0.3, -0.25) is 4.79 Å². The molecule has 0 unspecified atom stereocenters. The molecule has 0 aliphatic heterocycles. The van der Waals surface area contributed by atoms with Gasteiger partial charge in [0.25, 0.3) is 5.91 Å². The number of nitrogens with zero attached hydrogens (tertiary/aromatic N) is 3. The Hall–Kier alpha value is -3.71. The van der Waals surface area contributed by atoms with Crippen LogP contribution in [-0.4, -0.2) is 33.6 Å².